The van der Waals surface area contributed by atoms with Crippen LogP contribution in [-0.2, 0) is 0 Å². The molecule has 0 aliphatic heterocycles. The Bertz CT molecular complexity index is 311. The fraction of sp³-hybridized carbons (Fsp3) is 0.500. The average Bonchev–Trinajstić information content (AvgIpc) is 2.49. The standard InChI is InChI=1S/C6H10N4O3/c1-3(10(12)6(7)11)5-8-4(2)9-13-5/h3,12H,1-2H3,(H2,7,11). The van der Waals surface area contributed by atoms with Crippen molar-refractivity contribution in [3.05, 3.63) is 11.7 Å². The van der Waals surface area contributed by atoms with Gasteiger partial charge >= 0.3 is 6.03 Å². The van der Waals surface area contributed by atoms with Gasteiger partial charge in [0.25, 0.3) is 5.89 Å². The van der Waals surface area contributed by atoms with Gasteiger partial charge in [-0.15, -0.1) is 0 Å². The van der Waals surface area contributed by atoms with Crippen LogP contribution in [-0.4, -0.2) is 26.4 Å². The monoisotopic (exact) mass is 186 g/mol. The average molecular weight is 186 g/mol. The number of amides is 2. The molecule has 1 atom stereocenters. The van der Waals surface area contributed by atoms with Crippen LogP contribution in [0.3, 0.4) is 0 Å². The lowest BCUT2D eigenvalue weighted by Gasteiger charge is -2.16. The zero-order valence-corrected chi connectivity index (χ0v) is 7.26. The highest BCUT2D eigenvalue weighted by atomic mass is 16.5. The highest BCUT2D eigenvalue weighted by molar-refractivity contribution is 5.70. The van der Waals surface area contributed by atoms with Crippen molar-refractivity contribution in [2.75, 3.05) is 0 Å². The number of aryl methyl sites for hydroxylation is 1. The summed E-state index contributed by atoms with van der Waals surface area (Å²) in [5.41, 5.74) is 4.83. The predicted molar refractivity (Wildman–Crippen MR) is 40.7 cm³/mol. The molecule has 7 nitrogen and oxygen atoms in total. The van der Waals surface area contributed by atoms with Crippen LogP contribution in [0.1, 0.15) is 24.7 Å². The first-order chi connectivity index (χ1) is 6.02. The summed E-state index contributed by atoms with van der Waals surface area (Å²) in [5, 5.41) is 12.9. The normalized spacial score (nSPS) is 12.5. The summed E-state index contributed by atoms with van der Waals surface area (Å²) in [6.07, 6.45) is 0. The van der Waals surface area contributed by atoms with Gasteiger partial charge < -0.3 is 10.3 Å². The van der Waals surface area contributed by atoms with E-state index in [-0.39, 0.29) is 5.89 Å². The molecule has 7 heteroatoms. The molecule has 2 amide bonds. The number of aromatic nitrogens is 2. The van der Waals surface area contributed by atoms with Gasteiger partial charge in [-0.3, -0.25) is 5.21 Å². The maximum atomic E-state index is 10.5. The van der Waals surface area contributed by atoms with Crippen LogP contribution in [0.5, 0.6) is 0 Å². The molecule has 0 aliphatic rings. The van der Waals surface area contributed by atoms with Crippen LogP contribution in [0.25, 0.3) is 0 Å². The Balaban J connectivity index is 2.78. The molecule has 0 spiro atoms. The molecule has 1 aromatic rings. The van der Waals surface area contributed by atoms with Crippen LogP contribution in [0.4, 0.5) is 4.79 Å². The van der Waals surface area contributed by atoms with Gasteiger partial charge in [-0.05, 0) is 13.8 Å². The summed E-state index contributed by atoms with van der Waals surface area (Å²) >= 11 is 0. The first-order valence-electron chi connectivity index (χ1n) is 3.60. The molecule has 1 unspecified atom stereocenters. The molecule has 0 fully saturated rings. The molecular weight excluding hydrogens is 176 g/mol. The van der Waals surface area contributed by atoms with Crippen molar-refractivity contribution in [2.45, 2.75) is 19.9 Å². The predicted octanol–water partition coefficient (Wildman–Crippen LogP) is 0.209. The molecule has 3 N–H and O–H groups in total. The summed E-state index contributed by atoms with van der Waals surface area (Å²) in [4.78, 5) is 14.4. The van der Waals surface area contributed by atoms with Crippen molar-refractivity contribution in [1.82, 2.24) is 15.2 Å². The van der Waals surface area contributed by atoms with Crippen molar-refractivity contribution < 1.29 is 14.5 Å². The quantitative estimate of drug-likeness (QED) is 0.507. The van der Waals surface area contributed by atoms with E-state index in [1.54, 1.807) is 6.92 Å². The van der Waals surface area contributed by atoms with E-state index in [9.17, 15) is 4.79 Å². The first-order valence-corrected chi connectivity index (χ1v) is 3.60. The topological polar surface area (TPSA) is 105 Å². The molecule has 0 aliphatic carbocycles. The van der Waals surface area contributed by atoms with Crippen molar-refractivity contribution in [3.63, 3.8) is 0 Å². The van der Waals surface area contributed by atoms with E-state index < -0.39 is 12.1 Å². The minimum absolute atomic E-state index is 0.138. The number of primary amides is 1. The third-order valence-electron chi connectivity index (χ3n) is 1.49. The summed E-state index contributed by atoms with van der Waals surface area (Å²) in [6.45, 7) is 3.14. The summed E-state index contributed by atoms with van der Waals surface area (Å²) < 4.78 is 4.73. The second kappa shape index (κ2) is 3.40. The number of carbonyl (C=O) groups is 1. The third kappa shape index (κ3) is 1.94. The van der Waals surface area contributed by atoms with Crippen LogP contribution in [0.15, 0.2) is 4.52 Å². The SMILES string of the molecule is Cc1noc(C(C)N(O)C(N)=O)n1. The number of carbonyl (C=O) groups excluding carboxylic acids is 1. The van der Waals surface area contributed by atoms with Crippen molar-refractivity contribution in [1.29, 1.82) is 0 Å². The van der Waals surface area contributed by atoms with Gasteiger partial charge in [0, 0.05) is 0 Å². The fourth-order valence-corrected chi connectivity index (χ4v) is 0.778. The van der Waals surface area contributed by atoms with Gasteiger partial charge in [0.2, 0.25) is 0 Å². The molecule has 0 saturated heterocycles. The lowest BCUT2D eigenvalue weighted by atomic mass is 10.3. The van der Waals surface area contributed by atoms with E-state index in [4.69, 9.17) is 15.5 Å². The second-order valence-electron chi connectivity index (χ2n) is 2.54. The van der Waals surface area contributed by atoms with E-state index >= 15 is 0 Å². The van der Waals surface area contributed by atoms with E-state index in [0.29, 0.717) is 10.9 Å². The Morgan fingerprint density at radius 1 is 1.77 bits per heavy atom. The van der Waals surface area contributed by atoms with Gasteiger partial charge in [0.15, 0.2) is 5.82 Å². The summed E-state index contributed by atoms with van der Waals surface area (Å²) in [7, 11) is 0. The molecule has 13 heavy (non-hydrogen) atoms. The first kappa shape index (κ1) is 9.46. The Morgan fingerprint density at radius 3 is 2.77 bits per heavy atom. The molecule has 0 aromatic carbocycles. The smallest absolute Gasteiger partial charge is 0.339 e. The molecule has 1 aromatic heterocycles. The number of nitrogens with two attached hydrogens (primary N) is 1. The van der Waals surface area contributed by atoms with Gasteiger partial charge in [-0.2, -0.15) is 10.0 Å². The number of hydrogen-bond acceptors (Lipinski definition) is 5. The van der Waals surface area contributed by atoms with Crippen molar-refractivity contribution in [3.8, 4) is 0 Å². The van der Waals surface area contributed by atoms with Crippen molar-refractivity contribution in [2.24, 2.45) is 5.73 Å². The van der Waals surface area contributed by atoms with Gasteiger partial charge in [0.1, 0.15) is 6.04 Å². The molecule has 0 bridgehead atoms. The highest BCUT2D eigenvalue weighted by Gasteiger charge is 2.22. The number of rotatable bonds is 2. The minimum atomic E-state index is -0.969. The molecule has 1 rings (SSSR count). The molecule has 0 saturated carbocycles. The number of hydroxylamine groups is 2. The van der Waals surface area contributed by atoms with Crippen molar-refractivity contribution >= 4 is 6.03 Å². The Labute approximate surface area is 74.1 Å². The number of urea groups is 1. The molecule has 1 heterocycles. The maximum Gasteiger partial charge on any atom is 0.339 e. The van der Waals surface area contributed by atoms with E-state index in [2.05, 4.69) is 10.1 Å². The zero-order valence-electron chi connectivity index (χ0n) is 7.26. The van der Waals surface area contributed by atoms with Crippen LogP contribution in [0.2, 0.25) is 0 Å². The van der Waals surface area contributed by atoms with E-state index in [1.165, 1.54) is 6.92 Å². The van der Waals surface area contributed by atoms with E-state index in [1.807, 2.05) is 0 Å². The zero-order chi connectivity index (χ0) is 10.0. The molecular formula is C6H10N4O3. The fourth-order valence-electron chi connectivity index (χ4n) is 0.778. The van der Waals surface area contributed by atoms with Crippen LogP contribution < -0.4 is 5.73 Å². The minimum Gasteiger partial charge on any atom is -0.350 e. The third-order valence-corrected chi connectivity index (χ3v) is 1.49. The largest absolute Gasteiger partial charge is 0.350 e. The molecule has 0 radical (unpaired) electrons. The van der Waals surface area contributed by atoms with Gasteiger partial charge in [-0.25, -0.2) is 4.79 Å². The number of hydrogen-bond donors (Lipinski definition) is 2. The lowest BCUT2D eigenvalue weighted by molar-refractivity contribution is -0.0786. The van der Waals surface area contributed by atoms with Gasteiger partial charge in [0.05, 0.1) is 0 Å². The Hall–Kier alpha value is -1.63. The molecule has 72 valence electrons. The summed E-state index contributed by atoms with van der Waals surface area (Å²) in [5.74, 6) is 0.568. The second-order valence-corrected chi connectivity index (χ2v) is 2.54. The maximum absolute atomic E-state index is 10.5. The lowest BCUT2D eigenvalue weighted by Crippen LogP contribution is -2.34. The number of nitrogens with zero attached hydrogens (tertiary/aromatic N) is 3. The highest BCUT2D eigenvalue weighted by Crippen LogP contribution is 2.15. The summed E-state index contributed by atoms with van der Waals surface area (Å²) in [6, 6.07) is -1.71. The Morgan fingerprint density at radius 2 is 2.38 bits per heavy atom. The van der Waals surface area contributed by atoms with Gasteiger partial charge in [-0.1, -0.05) is 5.16 Å². The van der Waals surface area contributed by atoms with Crippen LogP contribution >= 0.6 is 0 Å². The Kier molecular flexibility index (Phi) is 2.47. The van der Waals surface area contributed by atoms with Crippen LogP contribution in [0, 0.1) is 6.92 Å². The van der Waals surface area contributed by atoms with E-state index in [0.717, 1.165) is 0 Å².